The van der Waals surface area contributed by atoms with Gasteiger partial charge >= 0.3 is 0 Å². The lowest BCUT2D eigenvalue weighted by molar-refractivity contribution is -0.123. The molecule has 0 radical (unpaired) electrons. The van der Waals surface area contributed by atoms with Crippen molar-refractivity contribution < 1.29 is 4.79 Å². The van der Waals surface area contributed by atoms with Crippen LogP contribution in [0.2, 0.25) is 0 Å². The van der Waals surface area contributed by atoms with Gasteiger partial charge in [0.05, 0.1) is 5.54 Å². The normalized spacial score (nSPS) is 27.9. The lowest BCUT2D eigenvalue weighted by Crippen LogP contribution is -2.59. The van der Waals surface area contributed by atoms with E-state index in [0.717, 1.165) is 25.7 Å². The number of aryl methyl sites for hydroxylation is 1. The van der Waals surface area contributed by atoms with Crippen molar-refractivity contribution >= 4 is 5.91 Å². The highest BCUT2D eigenvalue weighted by Crippen LogP contribution is 2.44. The van der Waals surface area contributed by atoms with Crippen LogP contribution in [0, 0.1) is 6.92 Å². The number of nitrogens with zero attached hydrogens (tertiary/aromatic N) is 1. The smallest absolute Gasteiger partial charge is 0.220 e. The van der Waals surface area contributed by atoms with E-state index in [-0.39, 0.29) is 17.0 Å². The molecule has 3 N–H and O–H groups in total. The molecule has 1 aliphatic rings. The van der Waals surface area contributed by atoms with E-state index in [1.54, 1.807) is 0 Å². The number of benzene rings is 1. The van der Waals surface area contributed by atoms with E-state index in [9.17, 15) is 4.79 Å². The van der Waals surface area contributed by atoms with Crippen LogP contribution in [-0.2, 0) is 10.3 Å². The Kier molecular flexibility index (Phi) is 5.48. The lowest BCUT2D eigenvalue weighted by Gasteiger charge is -2.50. The molecule has 0 unspecified atom stereocenters. The van der Waals surface area contributed by atoms with Gasteiger partial charge in [0, 0.05) is 18.5 Å². The molecule has 0 atom stereocenters. The number of nitrogens with two attached hydrogens (primary N) is 1. The average molecular weight is 317 g/mol. The molecule has 0 saturated heterocycles. The van der Waals surface area contributed by atoms with E-state index in [1.807, 2.05) is 6.92 Å². The van der Waals surface area contributed by atoms with Gasteiger partial charge < -0.3 is 11.1 Å². The van der Waals surface area contributed by atoms with Crippen LogP contribution >= 0.6 is 0 Å². The van der Waals surface area contributed by atoms with Gasteiger partial charge in [0.1, 0.15) is 0 Å². The molecule has 0 bridgehead atoms. The van der Waals surface area contributed by atoms with Crippen LogP contribution in [0.1, 0.15) is 50.2 Å². The summed E-state index contributed by atoms with van der Waals surface area (Å²) in [7, 11) is 4.31. The molecule has 1 aromatic carbocycles. The highest BCUT2D eigenvalue weighted by molar-refractivity contribution is 5.76. The number of rotatable bonds is 5. The first-order chi connectivity index (χ1) is 10.9. The van der Waals surface area contributed by atoms with Crippen molar-refractivity contribution in [2.45, 2.75) is 57.0 Å². The van der Waals surface area contributed by atoms with Gasteiger partial charge in [0.2, 0.25) is 5.91 Å². The van der Waals surface area contributed by atoms with Gasteiger partial charge in [-0.3, -0.25) is 9.69 Å². The maximum absolute atomic E-state index is 11.9. The molecule has 1 aliphatic carbocycles. The summed E-state index contributed by atoms with van der Waals surface area (Å²) < 4.78 is 0. The zero-order chi connectivity index (χ0) is 17.1. The Morgan fingerprint density at radius 3 is 2.39 bits per heavy atom. The topological polar surface area (TPSA) is 58.4 Å². The molecule has 2 rings (SSSR count). The predicted molar refractivity (Wildman–Crippen MR) is 95.2 cm³/mol. The van der Waals surface area contributed by atoms with E-state index < -0.39 is 0 Å². The Morgan fingerprint density at radius 2 is 1.91 bits per heavy atom. The van der Waals surface area contributed by atoms with Gasteiger partial charge in [-0.25, -0.2) is 0 Å². The lowest BCUT2D eigenvalue weighted by atomic mass is 9.68. The largest absolute Gasteiger partial charge is 0.349 e. The van der Waals surface area contributed by atoms with Crippen LogP contribution in [0.3, 0.4) is 0 Å². The molecular formula is C19H31N3O. The van der Waals surface area contributed by atoms with Gasteiger partial charge in [0.25, 0.3) is 0 Å². The highest BCUT2D eigenvalue weighted by Gasteiger charge is 2.44. The monoisotopic (exact) mass is 317 g/mol. The van der Waals surface area contributed by atoms with Crippen molar-refractivity contribution in [3.05, 3.63) is 35.4 Å². The minimum Gasteiger partial charge on any atom is -0.349 e. The van der Waals surface area contributed by atoms with Crippen molar-refractivity contribution in [2.24, 2.45) is 5.73 Å². The maximum atomic E-state index is 11.9. The summed E-state index contributed by atoms with van der Waals surface area (Å²) in [4.78, 5) is 14.2. The maximum Gasteiger partial charge on any atom is 0.220 e. The molecule has 0 heterocycles. The first-order valence-corrected chi connectivity index (χ1v) is 8.63. The summed E-state index contributed by atoms with van der Waals surface area (Å²) >= 11 is 0. The number of hydrogen-bond acceptors (Lipinski definition) is 3. The van der Waals surface area contributed by atoms with E-state index in [0.29, 0.717) is 13.0 Å². The molecule has 1 fully saturated rings. The summed E-state index contributed by atoms with van der Waals surface area (Å²) in [5.41, 5.74) is 8.49. The van der Waals surface area contributed by atoms with Crippen LogP contribution < -0.4 is 11.1 Å². The summed E-state index contributed by atoms with van der Waals surface area (Å²) in [5.74, 6) is 0.100. The molecule has 128 valence electrons. The summed E-state index contributed by atoms with van der Waals surface area (Å²) in [6, 6.07) is 8.80. The third-order valence-corrected chi connectivity index (χ3v) is 5.56. The number of amides is 1. The fourth-order valence-corrected chi connectivity index (χ4v) is 3.84. The number of nitrogens with one attached hydrogen (secondary N) is 1. The second-order valence-electron chi connectivity index (χ2n) is 7.18. The second kappa shape index (κ2) is 7.02. The minimum atomic E-state index is -0.240. The fourth-order valence-electron chi connectivity index (χ4n) is 3.84. The van der Waals surface area contributed by atoms with E-state index in [4.69, 9.17) is 5.73 Å². The molecule has 4 heteroatoms. The number of hydrogen-bond donors (Lipinski definition) is 2. The van der Waals surface area contributed by atoms with Gasteiger partial charge in [-0.2, -0.15) is 0 Å². The van der Waals surface area contributed by atoms with Gasteiger partial charge in [-0.1, -0.05) is 36.8 Å². The van der Waals surface area contributed by atoms with Crippen molar-refractivity contribution in [3.63, 3.8) is 0 Å². The molecule has 1 aromatic rings. The molecule has 0 aliphatic heterocycles. The second-order valence-corrected chi connectivity index (χ2v) is 7.18. The third kappa shape index (κ3) is 3.59. The Bertz CT molecular complexity index is 545. The Hall–Kier alpha value is -1.39. The van der Waals surface area contributed by atoms with E-state index in [2.05, 4.69) is 55.5 Å². The van der Waals surface area contributed by atoms with E-state index >= 15 is 0 Å². The van der Waals surface area contributed by atoms with Gasteiger partial charge in [-0.05, 0) is 52.3 Å². The third-order valence-electron chi connectivity index (χ3n) is 5.56. The van der Waals surface area contributed by atoms with Gasteiger partial charge in [-0.15, -0.1) is 0 Å². The minimum absolute atomic E-state index is 0.0294. The van der Waals surface area contributed by atoms with Crippen molar-refractivity contribution in [1.82, 2.24) is 10.2 Å². The van der Waals surface area contributed by atoms with Crippen molar-refractivity contribution in [3.8, 4) is 0 Å². The van der Waals surface area contributed by atoms with Gasteiger partial charge in [0.15, 0.2) is 0 Å². The molecule has 23 heavy (non-hydrogen) atoms. The van der Waals surface area contributed by atoms with Crippen molar-refractivity contribution in [2.75, 3.05) is 20.6 Å². The summed E-state index contributed by atoms with van der Waals surface area (Å²) in [6.45, 7) is 4.54. The van der Waals surface area contributed by atoms with Crippen LogP contribution in [0.4, 0.5) is 0 Å². The summed E-state index contributed by atoms with van der Waals surface area (Å²) in [5, 5.41) is 3.19. The first-order valence-electron chi connectivity index (χ1n) is 8.63. The Morgan fingerprint density at radius 1 is 1.26 bits per heavy atom. The van der Waals surface area contributed by atoms with Crippen LogP contribution in [-0.4, -0.2) is 37.0 Å². The highest BCUT2D eigenvalue weighted by atomic mass is 16.1. The summed E-state index contributed by atoms with van der Waals surface area (Å²) in [6.07, 6.45) is 4.36. The zero-order valence-corrected chi connectivity index (χ0v) is 15.0. The van der Waals surface area contributed by atoms with Crippen molar-refractivity contribution in [1.29, 1.82) is 0 Å². The quantitative estimate of drug-likeness (QED) is 0.877. The average Bonchev–Trinajstić information content (AvgIpc) is 2.55. The zero-order valence-electron chi connectivity index (χ0n) is 15.0. The van der Waals surface area contributed by atoms with E-state index in [1.165, 1.54) is 11.1 Å². The predicted octanol–water partition coefficient (Wildman–Crippen LogP) is 2.55. The molecule has 4 nitrogen and oxygen atoms in total. The molecular weight excluding hydrogens is 286 g/mol. The van der Waals surface area contributed by atoms with Crippen LogP contribution in [0.15, 0.2) is 24.3 Å². The van der Waals surface area contributed by atoms with Crippen LogP contribution in [0.25, 0.3) is 0 Å². The molecule has 0 aromatic heterocycles. The molecule has 0 spiro atoms. The number of carbonyl (C=O) groups is 1. The van der Waals surface area contributed by atoms with Crippen LogP contribution in [0.5, 0.6) is 0 Å². The Balaban J connectivity index is 2.25. The first kappa shape index (κ1) is 18.0. The fraction of sp³-hybridized carbons (Fsp3) is 0.632. The molecule has 1 amide bonds. The number of carbonyl (C=O) groups excluding carboxylic acids is 1. The Labute approximate surface area is 140 Å². The SMILES string of the molecule is CCC(=O)N[C@]1(CN)CC[C@](c2cccc(C)c2)(N(C)C)CC1. The molecule has 1 saturated carbocycles. The standard InChI is InChI=1S/C19H31N3O/c1-5-17(23)21-18(14-20)9-11-19(12-10-18,22(3)4)16-8-6-7-15(2)13-16/h6-8,13H,5,9-12,14,20H2,1-4H3,(H,21,23)/t18-,19+.